The molecule has 2 rings (SSSR count). The van der Waals surface area contributed by atoms with Crippen LogP contribution < -0.4 is 5.32 Å². The number of benzene rings is 1. The van der Waals surface area contributed by atoms with Crippen LogP contribution in [0.4, 0.5) is 0 Å². The Morgan fingerprint density at radius 3 is 2.79 bits per heavy atom. The van der Waals surface area contributed by atoms with E-state index in [0.717, 1.165) is 6.54 Å². The van der Waals surface area contributed by atoms with Crippen LogP contribution in [0.25, 0.3) is 10.4 Å². The minimum Gasteiger partial charge on any atom is -0.309 e. The highest BCUT2D eigenvalue weighted by molar-refractivity contribution is 9.10. The van der Waals surface area contributed by atoms with Crippen molar-refractivity contribution in [2.45, 2.75) is 33.2 Å². The Morgan fingerprint density at radius 1 is 1.26 bits per heavy atom. The Kier molecular flexibility index (Phi) is 5.20. The van der Waals surface area contributed by atoms with Crippen molar-refractivity contribution in [2.24, 2.45) is 0 Å². The van der Waals surface area contributed by atoms with Crippen molar-refractivity contribution in [1.29, 1.82) is 0 Å². The van der Waals surface area contributed by atoms with Crippen LogP contribution in [0.1, 0.15) is 36.8 Å². The second kappa shape index (κ2) is 6.69. The first-order chi connectivity index (χ1) is 9.13. The zero-order chi connectivity index (χ0) is 13.8. The Balaban J connectivity index is 2.23. The fourth-order valence-corrected chi connectivity index (χ4v) is 3.70. The third-order valence-corrected chi connectivity index (χ3v) is 5.57. The Hall–Kier alpha value is -0.640. The molecule has 1 nitrogen and oxygen atoms in total. The number of thiophene rings is 1. The van der Waals surface area contributed by atoms with Crippen LogP contribution in [-0.4, -0.2) is 6.54 Å². The van der Waals surface area contributed by atoms with Crippen molar-refractivity contribution >= 4 is 27.3 Å². The minimum absolute atomic E-state index is 0.433. The summed E-state index contributed by atoms with van der Waals surface area (Å²) in [7, 11) is 0. The summed E-state index contributed by atoms with van der Waals surface area (Å²) in [5, 5.41) is 3.54. The van der Waals surface area contributed by atoms with Crippen LogP contribution in [0.15, 0.2) is 34.8 Å². The van der Waals surface area contributed by atoms with E-state index < -0.39 is 0 Å². The summed E-state index contributed by atoms with van der Waals surface area (Å²) >= 11 is 5.57. The third kappa shape index (κ3) is 3.47. The molecule has 1 heterocycles. The lowest BCUT2D eigenvalue weighted by molar-refractivity contribution is 0.578. The van der Waals surface area contributed by atoms with E-state index in [9.17, 15) is 0 Å². The molecule has 1 aromatic carbocycles. The fraction of sp³-hybridized carbons (Fsp3) is 0.375. The van der Waals surface area contributed by atoms with Crippen LogP contribution in [0, 0.1) is 6.92 Å². The topological polar surface area (TPSA) is 12.0 Å². The van der Waals surface area contributed by atoms with Crippen LogP contribution >= 0.6 is 27.3 Å². The summed E-state index contributed by atoms with van der Waals surface area (Å²) in [5.74, 6) is 0. The van der Waals surface area contributed by atoms with E-state index in [1.165, 1.54) is 31.8 Å². The van der Waals surface area contributed by atoms with Gasteiger partial charge in [-0.3, -0.25) is 0 Å². The van der Waals surface area contributed by atoms with Crippen LogP contribution in [-0.2, 0) is 0 Å². The van der Waals surface area contributed by atoms with Crippen molar-refractivity contribution in [2.75, 3.05) is 6.54 Å². The molecule has 0 saturated heterocycles. The maximum Gasteiger partial charge on any atom is 0.0386 e. The highest BCUT2D eigenvalue weighted by atomic mass is 79.9. The van der Waals surface area contributed by atoms with E-state index in [4.69, 9.17) is 0 Å². The van der Waals surface area contributed by atoms with Crippen LogP contribution in [0.3, 0.4) is 0 Å². The minimum atomic E-state index is 0.433. The fourth-order valence-electron chi connectivity index (χ4n) is 2.03. The zero-order valence-corrected chi connectivity index (χ0v) is 14.1. The van der Waals surface area contributed by atoms with Gasteiger partial charge < -0.3 is 5.32 Å². The van der Waals surface area contributed by atoms with Gasteiger partial charge in [-0.2, -0.15) is 0 Å². The maximum absolute atomic E-state index is 3.70. The smallest absolute Gasteiger partial charge is 0.0386 e. The Labute approximate surface area is 128 Å². The lowest BCUT2D eigenvalue weighted by atomic mass is 10.1. The first-order valence-electron chi connectivity index (χ1n) is 6.72. The molecule has 0 amide bonds. The van der Waals surface area contributed by atoms with Crippen molar-refractivity contribution in [1.82, 2.24) is 5.32 Å². The number of halogens is 1. The SMILES string of the molecule is CCCNC(C)c1ccc(-c2cccc(C)c2Br)s1. The second-order valence-electron chi connectivity index (χ2n) is 4.81. The van der Waals surface area contributed by atoms with Gasteiger partial charge in [0.1, 0.15) is 0 Å². The molecule has 0 aliphatic carbocycles. The van der Waals surface area contributed by atoms with E-state index >= 15 is 0 Å². The van der Waals surface area contributed by atoms with Gasteiger partial charge in [0.05, 0.1) is 0 Å². The lowest BCUT2D eigenvalue weighted by Crippen LogP contribution is -2.18. The van der Waals surface area contributed by atoms with Gasteiger partial charge in [-0.15, -0.1) is 11.3 Å². The average molecular weight is 338 g/mol. The van der Waals surface area contributed by atoms with Gasteiger partial charge in [-0.05, 0) is 60.4 Å². The summed E-state index contributed by atoms with van der Waals surface area (Å²) in [6.07, 6.45) is 1.17. The molecule has 102 valence electrons. The van der Waals surface area contributed by atoms with E-state index in [0.29, 0.717) is 6.04 Å². The Bertz CT molecular complexity index is 547. The Morgan fingerprint density at radius 2 is 2.05 bits per heavy atom. The van der Waals surface area contributed by atoms with Gasteiger partial charge in [-0.1, -0.05) is 25.1 Å². The van der Waals surface area contributed by atoms with E-state index in [-0.39, 0.29) is 0 Å². The molecule has 0 aliphatic heterocycles. The first kappa shape index (κ1) is 14.8. The van der Waals surface area contributed by atoms with Crippen molar-refractivity contribution < 1.29 is 0 Å². The summed E-state index contributed by atoms with van der Waals surface area (Å²) < 4.78 is 1.21. The molecular weight excluding hydrogens is 318 g/mol. The highest BCUT2D eigenvalue weighted by Gasteiger charge is 2.11. The second-order valence-corrected chi connectivity index (χ2v) is 6.72. The number of hydrogen-bond donors (Lipinski definition) is 1. The lowest BCUT2D eigenvalue weighted by Gasteiger charge is -2.10. The van der Waals surface area contributed by atoms with Crippen molar-refractivity contribution in [3.63, 3.8) is 0 Å². The van der Waals surface area contributed by atoms with E-state index in [1.807, 2.05) is 11.3 Å². The van der Waals surface area contributed by atoms with Gasteiger partial charge in [0, 0.05) is 25.8 Å². The molecular formula is C16H20BrNS. The standard InChI is InChI=1S/C16H20BrNS/c1-4-10-18-12(3)14-8-9-15(19-14)13-7-5-6-11(2)16(13)17/h5-9,12,18H,4,10H2,1-3H3. The molecule has 0 aliphatic rings. The molecule has 0 fully saturated rings. The zero-order valence-electron chi connectivity index (χ0n) is 11.7. The molecule has 0 saturated carbocycles. The van der Waals surface area contributed by atoms with Gasteiger partial charge in [-0.25, -0.2) is 0 Å². The van der Waals surface area contributed by atoms with E-state index in [2.05, 4.69) is 72.3 Å². The number of nitrogens with one attached hydrogen (secondary N) is 1. The summed E-state index contributed by atoms with van der Waals surface area (Å²) in [6, 6.07) is 11.3. The number of aryl methyl sites for hydroxylation is 1. The van der Waals surface area contributed by atoms with Gasteiger partial charge >= 0.3 is 0 Å². The third-order valence-electron chi connectivity index (χ3n) is 3.21. The van der Waals surface area contributed by atoms with Gasteiger partial charge in [0.15, 0.2) is 0 Å². The predicted octanol–water partition coefficient (Wildman–Crippen LogP) is 5.55. The predicted molar refractivity (Wildman–Crippen MR) is 88.9 cm³/mol. The first-order valence-corrected chi connectivity index (χ1v) is 8.33. The molecule has 0 spiro atoms. The molecule has 3 heteroatoms. The van der Waals surface area contributed by atoms with Crippen molar-refractivity contribution in [3.05, 3.63) is 45.2 Å². The molecule has 1 N–H and O–H groups in total. The van der Waals surface area contributed by atoms with Crippen molar-refractivity contribution in [3.8, 4) is 10.4 Å². The summed E-state index contributed by atoms with van der Waals surface area (Å²) in [5.41, 5.74) is 2.57. The summed E-state index contributed by atoms with van der Waals surface area (Å²) in [4.78, 5) is 2.73. The largest absolute Gasteiger partial charge is 0.309 e. The van der Waals surface area contributed by atoms with Crippen LogP contribution in [0.5, 0.6) is 0 Å². The monoisotopic (exact) mass is 337 g/mol. The maximum atomic E-state index is 3.70. The molecule has 19 heavy (non-hydrogen) atoms. The molecule has 0 radical (unpaired) electrons. The quantitative estimate of drug-likeness (QED) is 0.754. The van der Waals surface area contributed by atoms with Crippen LogP contribution in [0.2, 0.25) is 0 Å². The molecule has 2 aromatic rings. The molecule has 0 bridgehead atoms. The highest BCUT2D eigenvalue weighted by Crippen LogP contribution is 2.36. The van der Waals surface area contributed by atoms with Gasteiger partial charge in [0.2, 0.25) is 0 Å². The van der Waals surface area contributed by atoms with Gasteiger partial charge in [0.25, 0.3) is 0 Å². The number of rotatable bonds is 5. The molecule has 1 aromatic heterocycles. The average Bonchev–Trinajstić information content (AvgIpc) is 2.88. The molecule has 1 unspecified atom stereocenters. The number of hydrogen-bond acceptors (Lipinski definition) is 2. The van der Waals surface area contributed by atoms with E-state index in [1.54, 1.807) is 0 Å². The normalized spacial score (nSPS) is 12.6. The molecule has 1 atom stereocenters. The summed E-state index contributed by atoms with van der Waals surface area (Å²) in [6.45, 7) is 7.63.